The predicted molar refractivity (Wildman–Crippen MR) is 218 cm³/mol. The van der Waals surface area contributed by atoms with E-state index in [0.717, 1.165) is 0 Å². The van der Waals surface area contributed by atoms with Crippen molar-refractivity contribution in [2.75, 3.05) is 44.2 Å². The SMILES string of the molecule is C.CCCC[N+](CCCC)(CCCC)CCCC.CI.I.[C-]#[N+][C@@H]1CC[C@@H]2CN1C(=O)N2OS(=O)(=O)[O-].[C-]#[N+][C@@H]1CC[C@@H]2CN1C(=O)N2OS(=O)(=O)[O-].[Na+]. The van der Waals surface area contributed by atoms with Crippen LogP contribution < -0.4 is 29.6 Å². The molecule has 4 rings (SSSR count). The summed E-state index contributed by atoms with van der Waals surface area (Å²) in [4.78, 5) is 34.1. The Kier molecular flexibility index (Phi) is 31.1. The van der Waals surface area contributed by atoms with Crippen LogP contribution in [0.2, 0.25) is 0 Å². The van der Waals surface area contributed by atoms with Crippen LogP contribution in [-0.4, -0.2) is 131 Å². The molecule has 4 saturated heterocycles. The molecule has 0 aromatic carbocycles. The van der Waals surface area contributed by atoms with Crippen molar-refractivity contribution in [3.8, 4) is 0 Å². The molecule has 0 radical (unpaired) electrons. The topological polar surface area (TPSA) is 189 Å². The second-order valence-electron chi connectivity index (χ2n) is 12.8. The molecule has 310 valence electrons. The van der Waals surface area contributed by atoms with E-state index in [1.165, 1.54) is 91.8 Å². The van der Waals surface area contributed by atoms with Gasteiger partial charge in [0.2, 0.25) is 20.8 Å². The maximum absolute atomic E-state index is 11.6. The third-order valence-corrected chi connectivity index (χ3v) is 9.85. The fourth-order valence-corrected chi connectivity index (χ4v) is 7.29. The van der Waals surface area contributed by atoms with Crippen LogP contribution in [0.4, 0.5) is 9.59 Å². The number of halogens is 2. The van der Waals surface area contributed by atoms with Gasteiger partial charge in [-0.25, -0.2) is 39.6 Å². The standard InChI is InChI=1S/C16H36N.2C7H9N3O5S.CH3I.CH4.HI.Na/c1-5-9-13-17(14-10-6-2,15-11-7-3)16-12-8-4;2*1-8-6-3-2-5-4-9(6)7(11)10(5)15-16(12,13)14;1-2;;;/h5-16H2,1-4H3;2*5-6H,2-4H2,(H,12,13,14);1H3;1H4;1H;/q+1;;;;;;+1/p-2/t;2*5-,6+;;;;/m.11..../s1. The van der Waals surface area contributed by atoms with Gasteiger partial charge in [-0.2, -0.15) is 18.7 Å². The Balaban J connectivity index is -0.000000687. The van der Waals surface area contributed by atoms with Gasteiger partial charge in [0.25, 0.3) is 0 Å². The Bertz CT molecular complexity index is 1280. The Labute approximate surface area is 377 Å². The van der Waals surface area contributed by atoms with Gasteiger partial charge in [0.15, 0.2) is 0 Å². The van der Waals surface area contributed by atoms with Gasteiger partial charge < -0.3 is 13.6 Å². The molecule has 0 unspecified atom stereocenters. The minimum absolute atomic E-state index is 0. The smallest absolute Gasteiger partial charge is 0.724 e. The number of rotatable bonds is 16. The number of hydrogen-bond acceptors (Lipinski definition) is 10. The quantitative estimate of drug-likeness (QED) is 0.0422. The second-order valence-corrected chi connectivity index (χ2v) is 14.8. The average Bonchev–Trinajstić information content (AvgIpc) is 3.48. The summed E-state index contributed by atoms with van der Waals surface area (Å²) >= 11 is 2.15. The van der Waals surface area contributed by atoms with Crippen LogP contribution in [-0.2, 0) is 29.4 Å². The summed E-state index contributed by atoms with van der Waals surface area (Å²) in [5.74, 6) is 0. The average molecular weight is 1040 g/mol. The Morgan fingerprint density at radius 2 is 0.963 bits per heavy atom. The van der Waals surface area contributed by atoms with Gasteiger partial charge in [0.1, 0.15) is 0 Å². The monoisotopic (exact) mass is 1040 g/mol. The largest absolute Gasteiger partial charge is 1.00 e. The minimum Gasteiger partial charge on any atom is -0.724 e. The number of hydrogen-bond donors (Lipinski definition) is 0. The zero-order valence-electron chi connectivity index (χ0n) is 31.9. The van der Waals surface area contributed by atoms with E-state index in [2.05, 4.69) is 68.5 Å². The Hall–Kier alpha value is -0.320. The molecule has 4 heterocycles. The van der Waals surface area contributed by atoms with E-state index >= 15 is 0 Å². The fourth-order valence-electron chi connectivity index (χ4n) is 6.53. The molecule has 0 aliphatic carbocycles. The number of carbonyl (C=O) groups is 2. The first-order valence-corrected chi connectivity index (χ1v) is 22.4. The maximum atomic E-state index is 11.6. The normalized spacial score (nSPS) is 21.3. The molecule has 0 saturated carbocycles. The molecule has 4 aliphatic rings. The van der Waals surface area contributed by atoms with Crippen molar-refractivity contribution in [1.82, 2.24) is 19.9 Å². The van der Waals surface area contributed by atoms with Crippen molar-refractivity contribution in [1.29, 1.82) is 0 Å². The molecule has 4 aliphatic heterocycles. The molecular weight excluding hydrogens is 983 g/mol. The summed E-state index contributed by atoms with van der Waals surface area (Å²) in [6.07, 6.45) is 11.7. The summed E-state index contributed by atoms with van der Waals surface area (Å²) in [7, 11) is -9.90. The van der Waals surface area contributed by atoms with Crippen molar-refractivity contribution in [3.05, 3.63) is 22.8 Å². The van der Waals surface area contributed by atoms with Crippen LogP contribution in [0.5, 0.6) is 0 Å². The molecule has 22 heteroatoms. The first-order chi connectivity index (χ1) is 24.1. The molecule has 17 nitrogen and oxygen atoms in total. The molecule has 4 fully saturated rings. The molecule has 0 spiro atoms. The zero-order valence-corrected chi connectivity index (χ0v) is 40.0. The molecule has 54 heavy (non-hydrogen) atoms. The molecule has 4 amide bonds. The van der Waals surface area contributed by atoms with E-state index in [1.54, 1.807) is 0 Å². The number of piperidine rings is 2. The van der Waals surface area contributed by atoms with Gasteiger partial charge in [-0.1, -0.05) is 83.4 Å². The summed E-state index contributed by atoms with van der Waals surface area (Å²) < 4.78 is 72.1. The first kappa shape index (κ1) is 58.0. The summed E-state index contributed by atoms with van der Waals surface area (Å²) in [6.45, 7) is 29.2. The molecule has 4 bridgehead atoms. The van der Waals surface area contributed by atoms with E-state index in [9.17, 15) is 35.5 Å². The molecule has 0 aromatic heterocycles. The zero-order chi connectivity index (χ0) is 38.8. The van der Waals surface area contributed by atoms with Crippen molar-refractivity contribution >= 4 is 79.4 Å². The number of unbranched alkanes of at least 4 members (excludes halogenated alkanes) is 4. The van der Waals surface area contributed by atoms with Crippen LogP contribution in [0.1, 0.15) is 112 Å². The number of fused-ring (bicyclic) bond motifs is 4. The van der Waals surface area contributed by atoms with Crippen LogP contribution in [0, 0.1) is 13.1 Å². The fraction of sp³-hybridized carbons (Fsp3) is 0.875. The van der Waals surface area contributed by atoms with Crippen molar-refractivity contribution in [2.45, 2.75) is 137 Å². The van der Waals surface area contributed by atoms with Crippen LogP contribution >= 0.6 is 46.6 Å². The van der Waals surface area contributed by atoms with Gasteiger partial charge in [0.05, 0.1) is 51.4 Å². The van der Waals surface area contributed by atoms with Crippen LogP contribution in [0.15, 0.2) is 0 Å². The van der Waals surface area contributed by atoms with Crippen molar-refractivity contribution in [3.63, 3.8) is 0 Å². The third kappa shape index (κ3) is 19.0. The number of carbonyl (C=O) groups excluding carboxylic acids is 2. The Morgan fingerprint density at radius 1 is 0.685 bits per heavy atom. The molecule has 4 atom stereocenters. The summed E-state index contributed by atoms with van der Waals surface area (Å²) in [6, 6.07) is -2.39. The molecule has 0 N–H and O–H groups in total. The second kappa shape index (κ2) is 29.0. The van der Waals surface area contributed by atoms with Gasteiger partial charge >= 0.3 is 54.0 Å². The summed E-state index contributed by atoms with van der Waals surface area (Å²) in [5.41, 5.74) is 0. The Morgan fingerprint density at radius 3 is 1.19 bits per heavy atom. The van der Waals surface area contributed by atoms with E-state index < -0.39 is 57.3 Å². The molecular formula is C32H60I2N7NaO10S2. The van der Waals surface area contributed by atoms with Gasteiger partial charge in [-0.3, -0.25) is 19.5 Å². The van der Waals surface area contributed by atoms with E-state index in [1.807, 2.05) is 4.93 Å². The van der Waals surface area contributed by atoms with Crippen LogP contribution in [0.3, 0.4) is 0 Å². The number of hydroxylamine groups is 4. The van der Waals surface area contributed by atoms with E-state index in [4.69, 9.17) is 13.1 Å². The van der Waals surface area contributed by atoms with E-state index in [-0.39, 0.29) is 74.1 Å². The number of quaternary nitrogens is 1. The number of amides is 4. The first-order valence-electron chi connectivity index (χ1n) is 17.6. The number of urea groups is 2. The van der Waals surface area contributed by atoms with E-state index in [0.29, 0.717) is 35.8 Å². The van der Waals surface area contributed by atoms with Crippen molar-refractivity contribution in [2.24, 2.45) is 0 Å². The van der Waals surface area contributed by atoms with Gasteiger partial charge in [-0.15, -0.1) is 24.0 Å². The predicted octanol–water partition coefficient (Wildman–Crippen LogP) is 3.36. The number of nitrogens with zero attached hydrogens (tertiary/aromatic N) is 7. The maximum Gasteiger partial charge on any atom is 1.00 e. The van der Waals surface area contributed by atoms with Gasteiger partial charge in [0, 0.05) is 12.8 Å². The van der Waals surface area contributed by atoms with Crippen LogP contribution in [0.25, 0.3) is 9.69 Å². The number of alkyl halides is 1. The van der Waals surface area contributed by atoms with Crippen molar-refractivity contribution < 1.29 is 78.1 Å². The third-order valence-electron chi connectivity index (χ3n) is 9.17. The summed E-state index contributed by atoms with van der Waals surface area (Å²) in [5, 5.41) is 1.13. The molecule has 0 aromatic rings. The minimum atomic E-state index is -4.95. The van der Waals surface area contributed by atoms with Gasteiger partial charge in [-0.05, 0) is 43.5 Å².